The summed E-state index contributed by atoms with van der Waals surface area (Å²) >= 11 is 0. The Labute approximate surface area is 248 Å². The molecule has 220 valence electrons. The number of nitrogens with one attached hydrogen (secondary N) is 2. The van der Waals surface area contributed by atoms with Crippen LogP contribution in [0.4, 0.5) is 5.69 Å². The molecule has 1 atom stereocenters. The van der Waals surface area contributed by atoms with Crippen molar-refractivity contribution in [1.29, 1.82) is 0 Å². The first-order chi connectivity index (χ1) is 20.2. The zero-order valence-electron chi connectivity index (χ0n) is 25.0. The van der Waals surface area contributed by atoms with E-state index in [0.29, 0.717) is 12.8 Å². The highest BCUT2D eigenvalue weighted by molar-refractivity contribution is 5.87. The number of hydrogen-bond acceptors (Lipinski definition) is 5. The number of ether oxygens (including phenoxy) is 2. The molecule has 4 aromatic rings. The molecule has 2 N–H and O–H groups in total. The first-order valence-corrected chi connectivity index (χ1v) is 14.8. The second-order valence-electron chi connectivity index (χ2n) is 12.0. The van der Waals surface area contributed by atoms with Gasteiger partial charge in [-0.2, -0.15) is 0 Å². The summed E-state index contributed by atoms with van der Waals surface area (Å²) in [5.41, 5.74) is 5.62. The molecule has 0 spiro atoms. The number of methoxy groups -OCH3 is 1. The predicted octanol–water partition coefficient (Wildman–Crippen LogP) is 6.50. The topological polar surface area (TPSA) is 83.7 Å². The Balaban J connectivity index is 1.36. The molecule has 1 aliphatic rings. The molecular weight excluding hydrogens is 526 g/mol. The van der Waals surface area contributed by atoms with Gasteiger partial charge in [0, 0.05) is 53.9 Å². The lowest BCUT2D eigenvalue weighted by atomic mass is 9.95. The van der Waals surface area contributed by atoms with Crippen LogP contribution in [-0.2, 0) is 27.2 Å². The first-order valence-electron chi connectivity index (χ1n) is 14.8. The summed E-state index contributed by atoms with van der Waals surface area (Å²) in [6.45, 7) is 7.60. The second-order valence-corrected chi connectivity index (χ2v) is 12.0. The molecule has 42 heavy (non-hydrogen) atoms. The number of amides is 1. The maximum absolute atomic E-state index is 13.6. The van der Waals surface area contributed by atoms with Crippen molar-refractivity contribution >= 4 is 28.5 Å². The highest BCUT2D eigenvalue weighted by atomic mass is 16.6. The van der Waals surface area contributed by atoms with Gasteiger partial charge >= 0.3 is 5.97 Å². The van der Waals surface area contributed by atoms with E-state index >= 15 is 0 Å². The zero-order chi connectivity index (χ0) is 29.7. The number of carbonyl (C=O) groups excluding carboxylic acids is 2. The number of carbonyl (C=O) groups is 2. The molecule has 7 nitrogen and oxygen atoms in total. The predicted molar refractivity (Wildman–Crippen MR) is 167 cm³/mol. The van der Waals surface area contributed by atoms with Crippen molar-refractivity contribution in [2.24, 2.45) is 0 Å². The number of esters is 1. The first kappa shape index (κ1) is 29.2. The van der Waals surface area contributed by atoms with E-state index in [1.807, 2.05) is 63.4 Å². The van der Waals surface area contributed by atoms with E-state index in [0.717, 1.165) is 70.5 Å². The Morgan fingerprint density at radius 1 is 1.00 bits per heavy atom. The monoisotopic (exact) mass is 567 g/mol. The van der Waals surface area contributed by atoms with E-state index in [9.17, 15) is 9.59 Å². The highest BCUT2D eigenvalue weighted by Crippen LogP contribution is 2.36. The third-order valence-electron chi connectivity index (χ3n) is 7.65. The van der Waals surface area contributed by atoms with Gasteiger partial charge in [0.1, 0.15) is 11.4 Å². The maximum Gasteiger partial charge on any atom is 0.306 e. The lowest BCUT2D eigenvalue weighted by Gasteiger charge is -2.28. The van der Waals surface area contributed by atoms with E-state index in [1.165, 1.54) is 0 Å². The Kier molecular flexibility index (Phi) is 8.86. The van der Waals surface area contributed by atoms with Gasteiger partial charge in [0.15, 0.2) is 0 Å². The van der Waals surface area contributed by atoms with Crippen LogP contribution < -0.4 is 15.0 Å². The second kappa shape index (κ2) is 12.7. The fraction of sp³-hybridized carbons (Fsp3) is 0.371. The molecule has 1 unspecified atom stereocenters. The molecule has 1 fully saturated rings. The number of rotatable bonds is 10. The van der Waals surface area contributed by atoms with Crippen molar-refractivity contribution in [2.45, 2.75) is 64.5 Å². The number of aromatic nitrogens is 1. The summed E-state index contributed by atoms with van der Waals surface area (Å²) in [4.78, 5) is 31.6. The smallest absolute Gasteiger partial charge is 0.306 e. The van der Waals surface area contributed by atoms with Gasteiger partial charge in [0.25, 0.3) is 0 Å². The molecule has 7 heteroatoms. The Hall–Kier alpha value is -4.26. The van der Waals surface area contributed by atoms with E-state index in [2.05, 4.69) is 45.5 Å². The summed E-state index contributed by atoms with van der Waals surface area (Å²) in [5.74, 6) is 0.532. The molecule has 1 saturated heterocycles. The number of fused-ring (bicyclic) bond motifs is 1. The van der Waals surface area contributed by atoms with Gasteiger partial charge in [-0.1, -0.05) is 42.5 Å². The van der Waals surface area contributed by atoms with Crippen molar-refractivity contribution < 1.29 is 19.1 Å². The lowest BCUT2D eigenvalue weighted by Crippen LogP contribution is -2.32. The fourth-order valence-corrected chi connectivity index (χ4v) is 5.68. The Morgan fingerprint density at radius 3 is 2.48 bits per heavy atom. The SMILES string of the molecule is COc1ccc(C(NC(=O)Cc2ccc3[nH]cc(CCC(=O)OC(C)(C)C)c3c2)c2ccccc2)c(N2CCCC2)c1. The molecule has 5 rings (SSSR count). The number of anilines is 1. The van der Waals surface area contributed by atoms with E-state index in [-0.39, 0.29) is 24.3 Å². The summed E-state index contributed by atoms with van der Waals surface area (Å²) in [5, 5.41) is 4.37. The van der Waals surface area contributed by atoms with Crippen molar-refractivity contribution in [3.63, 3.8) is 0 Å². The Morgan fingerprint density at radius 2 is 1.76 bits per heavy atom. The average Bonchev–Trinajstić information content (AvgIpc) is 3.65. The number of nitrogens with zero attached hydrogens (tertiary/aromatic N) is 1. The van der Waals surface area contributed by atoms with Crippen molar-refractivity contribution in [3.05, 3.63) is 95.2 Å². The standard InChI is InChI=1S/C35H41N3O4/c1-35(2,3)42-33(40)17-13-26-23-36-30-16-12-24(20-29(26)30)21-32(39)37-34(25-10-6-5-7-11-25)28-15-14-27(41-4)22-31(28)38-18-8-9-19-38/h5-7,10-12,14-16,20,22-23,34,36H,8-9,13,17-19,21H2,1-4H3,(H,37,39). The van der Waals surface area contributed by atoms with E-state index in [4.69, 9.17) is 9.47 Å². The van der Waals surface area contributed by atoms with Crippen LogP contribution in [0.5, 0.6) is 5.75 Å². The highest BCUT2D eigenvalue weighted by Gasteiger charge is 2.25. The quantitative estimate of drug-likeness (QED) is 0.214. The van der Waals surface area contributed by atoms with Crippen LogP contribution in [0, 0.1) is 0 Å². The number of benzene rings is 3. The van der Waals surface area contributed by atoms with Crippen LogP contribution in [-0.4, -0.2) is 42.7 Å². The molecule has 0 saturated carbocycles. The lowest BCUT2D eigenvalue weighted by molar-refractivity contribution is -0.154. The minimum Gasteiger partial charge on any atom is -0.497 e. The summed E-state index contributed by atoms with van der Waals surface area (Å²) < 4.78 is 11.0. The van der Waals surface area contributed by atoms with Gasteiger partial charge in [-0.15, -0.1) is 0 Å². The van der Waals surface area contributed by atoms with Crippen LogP contribution in [0.15, 0.2) is 72.9 Å². The molecule has 2 heterocycles. The molecule has 1 amide bonds. The average molecular weight is 568 g/mol. The maximum atomic E-state index is 13.6. The van der Waals surface area contributed by atoms with E-state index < -0.39 is 5.60 Å². The molecule has 1 aromatic heterocycles. The number of hydrogen-bond donors (Lipinski definition) is 2. The Bertz CT molecular complexity index is 1530. The van der Waals surface area contributed by atoms with Gasteiger partial charge in [-0.3, -0.25) is 9.59 Å². The summed E-state index contributed by atoms with van der Waals surface area (Å²) in [7, 11) is 1.68. The van der Waals surface area contributed by atoms with Crippen LogP contribution in [0.25, 0.3) is 10.9 Å². The van der Waals surface area contributed by atoms with Crippen molar-refractivity contribution in [3.8, 4) is 5.75 Å². The van der Waals surface area contributed by atoms with Crippen molar-refractivity contribution in [1.82, 2.24) is 10.3 Å². The third-order valence-corrected chi connectivity index (χ3v) is 7.65. The third kappa shape index (κ3) is 7.14. The van der Waals surface area contributed by atoms with Crippen LogP contribution in [0.2, 0.25) is 0 Å². The number of H-pyrrole nitrogens is 1. The minimum atomic E-state index is -0.503. The van der Waals surface area contributed by atoms with Crippen LogP contribution in [0.3, 0.4) is 0 Å². The van der Waals surface area contributed by atoms with Gasteiger partial charge in [-0.25, -0.2) is 0 Å². The molecule has 1 aliphatic heterocycles. The molecular formula is C35H41N3O4. The zero-order valence-corrected chi connectivity index (χ0v) is 25.0. The van der Waals surface area contributed by atoms with Gasteiger partial charge < -0.3 is 24.7 Å². The normalized spacial score (nSPS) is 14.1. The van der Waals surface area contributed by atoms with Crippen LogP contribution in [0.1, 0.15) is 68.3 Å². The van der Waals surface area contributed by atoms with Crippen molar-refractivity contribution in [2.75, 3.05) is 25.1 Å². The molecule has 3 aromatic carbocycles. The molecule has 0 radical (unpaired) electrons. The largest absolute Gasteiger partial charge is 0.497 e. The number of aryl methyl sites for hydroxylation is 1. The minimum absolute atomic E-state index is 0.0581. The van der Waals surface area contributed by atoms with Gasteiger partial charge in [0.2, 0.25) is 5.91 Å². The molecule has 0 aliphatic carbocycles. The summed E-state index contributed by atoms with van der Waals surface area (Å²) in [6.07, 6.45) is 5.35. The summed E-state index contributed by atoms with van der Waals surface area (Å²) in [6, 6.07) is 22.0. The van der Waals surface area contributed by atoms with Gasteiger partial charge in [-0.05, 0) is 74.9 Å². The van der Waals surface area contributed by atoms with Gasteiger partial charge in [0.05, 0.1) is 19.6 Å². The fourth-order valence-electron chi connectivity index (χ4n) is 5.68. The molecule has 0 bridgehead atoms. The number of aromatic amines is 1. The van der Waals surface area contributed by atoms with E-state index in [1.54, 1.807) is 7.11 Å². The van der Waals surface area contributed by atoms with Crippen LogP contribution >= 0.6 is 0 Å².